The predicted molar refractivity (Wildman–Crippen MR) is 104 cm³/mol. The van der Waals surface area contributed by atoms with Crippen molar-refractivity contribution in [1.29, 1.82) is 0 Å². The molecule has 0 bridgehead atoms. The molecule has 1 saturated carbocycles. The standard InChI is InChI=1S/C16H25N5O.HI/c1-12-5-7-13(8-6-12)21-16(17-2)19-11-15(22)20-14-4-3-9-18-10-14;/h3-4,9-10,12-13H,5-8,11H2,1-2H3,(H,20,22)(H2,17,19,21);1H. The fourth-order valence-corrected chi connectivity index (χ4v) is 2.60. The summed E-state index contributed by atoms with van der Waals surface area (Å²) in [6.45, 7) is 2.48. The van der Waals surface area contributed by atoms with Gasteiger partial charge in [-0.2, -0.15) is 0 Å². The van der Waals surface area contributed by atoms with E-state index in [4.69, 9.17) is 0 Å². The number of pyridine rings is 1. The quantitative estimate of drug-likeness (QED) is 0.389. The van der Waals surface area contributed by atoms with Crippen LogP contribution in [-0.4, -0.2) is 36.5 Å². The molecule has 6 nitrogen and oxygen atoms in total. The highest BCUT2D eigenvalue weighted by molar-refractivity contribution is 14.0. The van der Waals surface area contributed by atoms with Crippen molar-refractivity contribution < 1.29 is 4.79 Å². The molecule has 2 rings (SSSR count). The molecule has 1 aromatic rings. The Morgan fingerprint density at radius 2 is 2.09 bits per heavy atom. The molecule has 0 spiro atoms. The Morgan fingerprint density at radius 3 is 2.70 bits per heavy atom. The van der Waals surface area contributed by atoms with Crippen LogP contribution in [0, 0.1) is 5.92 Å². The molecule has 0 unspecified atom stereocenters. The molecule has 0 aliphatic heterocycles. The van der Waals surface area contributed by atoms with Crippen LogP contribution >= 0.6 is 24.0 Å². The first kappa shape index (κ1) is 19.7. The third-order valence-electron chi connectivity index (χ3n) is 3.94. The molecule has 23 heavy (non-hydrogen) atoms. The van der Waals surface area contributed by atoms with Crippen molar-refractivity contribution in [3.05, 3.63) is 24.5 Å². The number of rotatable bonds is 4. The minimum absolute atomic E-state index is 0. The van der Waals surface area contributed by atoms with Crippen molar-refractivity contribution in [3.8, 4) is 0 Å². The van der Waals surface area contributed by atoms with Gasteiger partial charge in [-0.1, -0.05) is 6.92 Å². The van der Waals surface area contributed by atoms with E-state index in [0.717, 1.165) is 18.8 Å². The summed E-state index contributed by atoms with van der Waals surface area (Å²) < 4.78 is 0. The van der Waals surface area contributed by atoms with E-state index in [-0.39, 0.29) is 36.4 Å². The van der Waals surface area contributed by atoms with Crippen LogP contribution in [0.2, 0.25) is 0 Å². The molecule has 1 aromatic heterocycles. The Hall–Kier alpha value is -1.38. The van der Waals surface area contributed by atoms with Gasteiger partial charge in [0.05, 0.1) is 18.4 Å². The van der Waals surface area contributed by atoms with Crippen LogP contribution in [-0.2, 0) is 4.79 Å². The lowest BCUT2D eigenvalue weighted by Crippen LogP contribution is -2.46. The molecular formula is C16H26IN5O. The van der Waals surface area contributed by atoms with Crippen molar-refractivity contribution in [3.63, 3.8) is 0 Å². The average Bonchev–Trinajstić information content (AvgIpc) is 2.54. The fourth-order valence-electron chi connectivity index (χ4n) is 2.60. The summed E-state index contributed by atoms with van der Waals surface area (Å²) in [7, 11) is 1.72. The number of hydrogen-bond acceptors (Lipinski definition) is 3. The molecule has 1 amide bonds. The van der Waals surface area contributed by atoms with Crippen molar-refractivity contribution in [1.82, 2.24) is 15.6 Å². The molecule has 0 aromatic carbocycles. The van der Waals surface area contributed by atoms with Gasteiger partial charge in [0.2, 0.25) is 5.91 Å². The molecule has 0 atom stereocenters. The highest BCUT2D eigenvalue weighted by Gasteiger charge is 2.19. The van der Waals surface area contributed by atoms with Gasteiger partial charge in [-0.15, -0.1) is 24.0 Å². The third kappa shape index (κ3) is 7.15. The number of guanidine groups is 1. The van der Waals surface area contributed by atoms with Crippen LogP contribution in [0.4, 0.5) is 5.69 Å². The Morgan fingerprint density at radius 1 is 1.35 bits per heavy atom. The normalized spacial score (nSPS) is 21.0. The second-order valence-corrected chi connectivity index (χ2v) is 5.82. The predicted octanol–water partition coefficient (Wildman–Crippen LogP) is 2.38. The van der Waals surface area contributed by atoms with Crippen molar-refractivity contribution >= 4 is 41.5 Å². The minimum Gasteiger partial charge on any atom is -0.354 e. The summed E-state index contributed by atoms with van der Waals surface area (Å²) in [5, 5.41) is 9.23. The van der Waals surface area contributed by atoms with Gasteiger partial charge in [0.1, 0.15) is 0 Å². The Bertz CT molecular complexity index is 500. The lowest BCUT2D eigenvalue weighted by Gasteiger charge is -2.28. The molecule has 0 saturated heterocycles. The van der Waals surface area contributed by atoms with Crippen molar-refractivity contribution in [2.75, 3.05) is 18.9 Å². The first-order valence-corrected chi connectivity index (χ1v) is 7.84. The smallest absolute Gasteiger partial charge is 0.243 e. The number of carbonyl (C=O) groups excluding carboxylic acids is 1. The summed E-state index contributed by atoms with van der Waals surface area (Å²) in [5.74, 6) is 1.38. The molecule has 7 heteroatoms. The van der Waals surface area contributed by atoms with Crippen LogP contribution in [0.15, 0.2) is 29.5 Å². The molecule has 1 fully saturated rings. The maximum atomic E-state index is 11.9. The highest BCUT2D eigenvalue weighted by atomic mass is 127. The zero-order valence-electron chi connectivity index (χ0n) is 13.7. The van der Waals surface area contributed by atoms with Crippen LogP contribution in [0.3, 0.4) is 0 Å². The maximum absolute atomic E-state index is 11.9. The van der Waals surface area contributed by atoms with Crippen LogP contribution in [0.5, 0.6) is 0 Å². The topological polar surface area (TPSA) is 78.4 Å². The maximum Gasteiger partial charge on any atom is 0.243 e. The monoisotopic (exact) mass is 431 g/mol. The van der Waals surface area contributed by atoms with Crippen LogP contribution < -0.4 is 16.0 Å². The van der Waals surface area contributed by atoms with E-state index in [0.29, 0.717) is 17.7 Å². The van der Waals surface area contributed by atoms with Crippen molar-refractivity contribution in [2.24, 2.45) is 10.9 Å². The van der Waals surface area contributed by atoms with E-state index < -0.39 is 0 Å². The molecular weight excluding hydrogens is 405 g/mol. The first-order valence-electron chi connectivity index (χ1n) is 7.84. The van der Waals surface area contributed by atoms with Gasteiger partial charge in [-0.25, -0.2) is 0 Å². The average molecular weight is 431 g/mol. The van der Waals surface area contributed by atoms with Gasteiger partial charge in [0.25, 0.3) is 0 Å². The van der Waals surface area contributed by atoms with E-state index in [1.54, 1.807) is 31.6 Å². The molecule has 0 radical (unpaired) electrons. The number of carbonyl (C=O) groups is 1. The zero-order chi connectivity index (χ0) is 15.8. The van der Waals surface area contributed by atoms with E-state index in [9.17, 15) is 4.79 Å². The summed E-state index contributed by atoms with van der Waals surface area (Å²) in [6, 6.07) is 4.04. The number of hydrogen-bond donors (Lipinski definition) is 3. The Balaban J connectivity index is 0.00000264. The van der Waals surface area contributed by atoms with Gasteiger partial charge < -0.3 is 16.0 Å². The molecule has 1 aliphatic rings. The molecule has 3 N–H and O–H groups in total. The highest BCUT2D eigenvalue weighted by Crippen LogP contribution is 2.23. The van der Waals surface area contributed by atoms with E-state index in [1.165, 1.54) is 12.8 Å². The second kappa shape index (κ2) is 10.4. The van der Waals surface area contributed by atoms with Crippen LogP contribution in [0.1, 0.15) is 32.6 Å². The summed E-state index contributed by atoms with van der Waals surface area (Å²) in [6.07, 6.45) is 8.10. The first-order chi connectivity index (χ1) is 10.7. The third-order valence-corrected chi connectivity index (χ3v) is 3.94. The van der Waals surface area contributed by atoms with E-state index in [1.807, 2.05) is 0 Å². The lowest BCUT2D eigenvalue weighted by molar-refractivity contribution is -0.115. The number of anilines is 1. The zero-order valence-corrected chi connectivity index (χ0v) is 16.0. The lowest BCUT2D eigenvalue weighted by atomic mass is 9.87. The molecule has 1 aliphatic carbocycles. The molecule has 1 heterocycles. The van der Waals surface area contributed by atoms with Gasteiger partial charge >= 0.3 is 0 Å². The molecule has 128 valence electrons. The van der Waals surface area contributed by atoms with Crippen molar-refractivity contribution in [2.45, 2.75) is 38.6 Å². The fraction of sp³-hybridized carbons (Fsp3) is 0.562. The van der Waals surface area contributed by atoms with E-state index >= 15 is 0 Å². The van der Waals surface area contributed by atoms with Gasteiger partial charge in [0, 0.05) is 19.3 Å². The second-order valence-electron chi connectivity index (χ2n) is 5.82. The summed E-state index contributed by atoms with van der Waals surface area (Å²) in [4.78, 5) is 20.0. The van der Waals surface area contributed by atoms with E-state index in [2.05, 4.69) is 32.9 Å². The largest absolute Gasteiger partial charge is 0.354 e. The van der Waals surface area contributed by atoms with Gasteiger partial charge in [-0.3, -0.25) is 14.8 Å². The SMILES string of the molecule is CN=C(NCC(=O)Nc1cccnc1)NC1CCC(C)CC1.I. The number of aliphatic imine (C=N–C) groups is 1. The summed E-state index contributed by atoms with van der Waals surface area (Å²) in [5.41, 5.74) is 0.693. The number of aromatic nitrogens is 1. The van der Waals surface area contributed by atoms with Gasteiger partial charge in [-0.05, 0) is 43.7 Å². The number of nitrogens with zero attached hydrogens (tertiary/aromatic N) is 2. The number of nitrogens with one attached hydrogen (secondary N) is 3. The minimum atomic E-state index is -0.117. The number of halogens is 1. The number of amides is 1. The Kier molecular flexibility index (Phi) is 8.90. The summed E-state index contributed by atoms with van der Waals surface area (Å²) >= 11 is 0. The Labute approximate surface area is 155 Å². The van der Waals surface area contributed by atoms with Crippen LogP contribution in [0.25, 0.3) is 0 Å². The van der Waals surface area contributed by atoms with Gasteiger partial charge in [0.15, 0.2) is 5.96 Å².